The molecule has 0 radical (unpaired) electrons. The van der Waals surface area contributed by atoms with E-state index in [1.165, 1.54) is 0 Å². The van der Waals surface area contributed by atoms with Crippen molar-refractivity contribution in [1.29, 1.82) is 0 Å². The van der Waals surface area contributed by atoms with Crippen molar-refractivity contribution in [3.63, 3.8) is 0 Å². The van der Waals surface area contributed by atoms with E-state index in [1.54, 1.807) is 46.1 Å². The number of carbonyl (C=O) groups excluding carboxylic acids is 2. The Morgan fingerprint density at radius 1 is 1.00 bits per heavy atom. The molecule has 2 aliphatic rings. The van der Waals surface area contributed by atoms with Crippen LogP contribution in [0.5, 0.6) is 5.75 Å². The Hall–Kier alpha value is -5.30. The van der Waals surface area contributed by atoms with E-state index in [2.05, 4.69) is 16.4 Å². The fraction of sp³-hybridized carbons (Fsp3) is 0.143. The number of ether oxygens (including phenoxy) is 1. The Morgan fingerprint density at radius 3 is 2.52 bits per heavy atom. The van der Waals surface area contributed by atoms with E-state index in [1.807, 2.05) is 91.9 Å². The van der Waals surface area contributed by atoms with Gasteiger partial charge in [0.2, 0.25) is 0 Å². The molecule has 1 aliphatic heterocycles. The molecular weight excluding hydrogens is 524 g/mol. The number of benzene rings is 3. The molecule has 42 heavy (non-hydrogen) atoms. The summed E-state index contributed by atoms with van der Waals surface area (Å²) in [4.78, 5) is 27.7. The van der Waals surface area contributed by atoms with Gasteiger partial charge in [-0.2, -0.15) is 0 Å². The first kappa shape index (κ1) is 26.9. The summed E-state index contributed by atoms with van der Waals surface area (Å²) < 4.78 is 7.52. The van der Waals surface area contributed by atoms with Gasteiger partial charge in [0.1, 0.15) is 18.1 Å². The van der Waals surface area contributed by atoms with Gasteiger partial charge >= 0.3 is 0 Å². The number of nitrogens with zero attached hydrogens (tertiary/aromatic N) is 4. The van der Waals surface area contributed by atoms with Crippen molar-refractivity contribution in [2.24, 2.45) is 0 Å². The molecule has 1 amide bonds. The van der Waals surface area contributed by atoms with Gasteiger partial charge in [0.15, 0.2) is 11.8 Å². The SMILES string of the molecule is Cc1ccc(N2C(=O)[C@@H](n3cc(COc4ccc(C(=O)/C=C/C5=CC=CC5)cc4)nn3)[C@H]2/C=C/c2ccccc2)cc1. The van der Waals surface area contributed by atoms with Crippen molar-refractivity contribution in [2.45, 2.75) is 32.0 Å². The van der Waals surface area contributed by atoms with Crippen LogP contribution in [0.2, 0.25) is 0 Å². The third-order valence-corrected chi connectivity index (χ3v) is 7.33. The first-order valence-corrected chi connectivity index (χ1v) is 13.9. The second-order valence-corrected chi connectivity index (χ2v) is 10.3. The van der Waals surface area contributed by atoms with E-state index in [0.29, 0.717) is 17.0 Å². The van der Waals surface area contributed by atoms with Gasteiger partial charge in [-0.25, -0.2) is 4.68 Å². The van der Waals surface area contributed by atoms with Crippen LogP contribution in [0.1, 0.15) is 39.6 Å². The lowest BCUT2D eigenvalue weighted by atomic mass is 9.92. The molecule has 7 heteroatoms. The zero-order chi connectivity index (χ0) is 28.9. The van der Waals surface area contributed by atoms with Gasteiger partial charge in [-0.15, -0.1) is 5.10 Å². The van der Waals surface area contributed by atoms with Gasteiger partial charge in [-0.3, -0.25) is 9.59 Å². The van der Waals surface area contributed by atoms with Gasteiger partial charge in [-0.1, -0.05) is 89.7 Å². The number of ketones is 1. The maximum absolute atomic E-state index is 13.4. The monoisotopic (exact) mass is 554 g/mol. The number of allylic oxidation sites excluding steroid dienone is 6. The van der Waals surface area contributed by atoms with Crippen LogP contribution in [0.3, 0.4) is 0 Å². The molecule has 0 saturated carbocycles. The summed E-state index contributed by atoms with van der Waals surface area (Å²) in [7, 11) is 0. The maximum Gasteiger partial charge on any atom is 0.255 e. The molecule has 4 aromatic rings. The van der Waals surface area contributed by atoms with Gasteiger partial charge in [0.25, 0.3) is 5.91 Å². The highest BCUT2D eigenvalue weighted by Gasteiger charge is 2.48. The lowest BCUT2D eigenvalue weighted by molar-refractivity contribution is -0.128. The Balaban J connectivity index is 1.12. The average Bonchev–Trinajstić information content (AvgIpc) is 3.71. The van der Waals surface area contributed by atoms with Crippen molar-refractivity contribution in [3.8, 4) is 5.75 Å². The molecule has 7 nitrogen and oxygen atoms in total. The Bertz CT molecular complexity index is 1700. The highest BCUT2D eigenvalue weighted by atomic mass is 16.5. The first-order valence-electron chi connectivity index (χ1n) is 13.9. The van der Waals surface area contributed by atoms with Crippen LogP contribution in [0.15, 0.2) is 127 Å². The molecule has 0 bridgehead atoms. The standard InChI is InChI=1S/C35H30N4O3/c1-25-11-17-30(18-12-25)39-32(21-13-26-7-3-2-4-8-26)34(35(39)41)38-23-29(36-37-38)24-42-31-19-15-28(16-20-31)33(40)22-14-27-9-5-6-10-27/h2-9,11-23,32,34H,10,24H2,1H3/b21-13+,22-14+/t32-,34+/m1/s1. The second-order valence-electron chi connectivity index (χ2n) is 10.3. The van der Waals surface area contributed by atoms with Crippen molar-refractivity contribution in [2.75, 3.05) is 4.90 Å². The Kier molecular flexibility index (Phi) is 7.72. The van der Waals surface area contributed by atoms with E-state index in [-0.39, 0.29) is 24.3 Å². The number of anilines is 1. The summed E-state index contributed by atoms with van der Waals surface area (Å²) in [6, 6.07) is 24.2. The lowest BCUT2D eigenvalue weighted by Crippen LogP contribution is -2.61. The molecule has 1 fully saturated rings. The van der Waals surface area contributed by atoms with E-state index in [0.717, 1.165) is 28.8 Å². The number of β-lactam (4-membered cyclic amide) rings is 1. The molecule has 1 aliphatic carbocycles. The Morgan fingerprint density at radius 2 is 1.79 bits per heavy atom. The Labute approximate surface area is 244 Å². The van der Waals surface area contributed by atoms with Crippen LogP contribution in [-0.2, 0) is 11.4 Å². The zero-order valence-electron chi connectivity index (χ0n) is 23.2. The van der Waals surface area contributed by atoms with Crippen molar-refractivity contribution in [1.82, 2.24) is 15.0 Å². The predicted octanol–water partition coefficient (Wildman–Crippen LogP) is 6.46. The van der Waals surface area contributed by atoms with Crippen LogP contribution in [-0.4, -0.2) is 32.7 Å². The minimum Gasteiger partial charge on any atom is -0.487 e. The fourth-order valence-corrected chi connectivity index (χ4v) is 4.99. The number of rotatable bonds is 10. The maximum atomic E-state index is 13.4. The molecule has 2 atom stereocenters. The minimum atomic E-state index is -0.512. The van der Waals surface area contributed by atoms with E-state index in [4.69, 9.17) is 4.74 Å². The molecule has 1 saturated heterocycles. The average molecular weight is 555 g/mol. The third kappa shape index (κ3) is 5.90. The summed E-state index contributed by atoms with van der Waals surface area (Å²) in [5.74, 6) is 0.508. The van der Waals surface area contributed by atoms with Crippen LogP contribution < -0.4 is 9.64 Å². The quantitative estimate of drug-likeness (QED) is 0.128. The summed E-state index contributed by atoms with van der Waals surface area (Å²) in [6.07, 6.45) is 16.2. The normalized spacial score (nSPS) is 18.1. The fourth-order valence-electron chi connectivity index (χ4n) is 4.99. The molecule has 2 heterocycles. The van der Waals surface area contributed by atoms with Crippen LogP contribution in [0.25, 0.3) is 6.08 Å². The number of carbonyl (C=O) groups is 2. The molecule has 208 valence electrons. The number of amides is 1. The van der Waals surface area contributed by atoms with Crippen molar-refractivity contribution >= 4 is 23.5 Å². The molecule has 0 N–H and O–H groups in total. The van der Waals surface area contributed by atoms with Gasteiger partial charge < -0.3 is 9.64 Å². The van der Waals surface area contributed by atoms with Gasteiger partial charge in [0, 0.05) is 11.3 Å². The molecule has 6 rings (SSSR count). The number of hydrogen-bond donors (Lipinski definition) is 0. The zero-order valence-corrected chi connectivity index (χ0v) is 23.2. The number of aryl methyl sites for hydroxylation is 1. The smallest absolute Gasteiger partial charge is 0.255 e. The van der Waals surface area contributed by atoms with E-state index in [9.17, 15) is 9.59 Å². The van der Waals surface area contributed by atoms with E-state index >= 15 is 0 Å². The third-order valence-electron chi connectivity index (χ3n) is 7.33. The minimum absolute atomic E-state index is 0.0475. The number of hydrogen-bond acceptors (Lipinski definition) is 5. The van der Waals surface area contributed by atoms with Crippen LogP contribution >= 0.6 is 0 Å². The first-order chi connectivity index (χ1) is 20.5. The molecule has 1 aromatic heterocycles. The summed E-state index contributed by atoms with van der Waals surface area (Å²) >= 11 is 0. The molecule has 3 aromatic carbocycles. The van der Waals surface area contributed by atoms with Gasteiger partial charge in [0.05, 0.1) is 12.2 Å². The molecular formula is C35H30N4O3. The van der Waals surface area contributed by atoms with Crippen molar-refractivity contribution in [3.05, 3.63) is 149 Å². The predicted molar refractivity (Wildman–Crippen MR) is 163 cm³/mol. The molecule has 0 spiro atoms. The van der Waals surface area contributed by atoms with Crippen molar-refractivity contribution < 1.29 is 14.3 Å². The van der Waals surface area contributed by atoms with Crippen LogP contribution in [0, 0.1) is 6.92 Å². The van der Waals surface area contributed by atoms with Gasteiger partial charge in [-0.05, 0) is 67.0 Å². The summed E-state index contributed by atoms with van der Waals surface area (Å²) in [5.41, 5.74) is 5.34. The lowest BCUT2D eigenvalue weighted by Gasteiger charge is -2.45. The largest absolute Gasteiger partial charge is 0.487 e. The topological polar surface area (TPSA) is 77.3 Å². The highest BCUT2D eigenvalue weighted by molar-refractivity contribution is 6.05. The highest BCUT2D eigenvalue weighted by Crippen LogP contribution is 2.37. The summed E-state index contributed by atoms with van der Waals surface area (Å²) in [6.45, 7) is 2.21. The number of aromatic nitrogens is 3. The summed E-state index contributed by atoms with van der Waals surface area (Å²) in [5, 5.41) is 8.54. The second kappa shape index (κ2) is 12.1. The van der Waals surface area contributed by atoms with Crippen LogP contribution in [0.4, 0.5) is 5.69 Å². The van der Waals surface area contributed by atoms with E-state index < -0.39 is 6.04 Å². The molecule has 0 unspecified atom stereocenters.